The third kappa shape index (κ3) is 2.64. The van der Waals surface area contributed by atoms with Gasteiger partial charge in [0, 0.05) is 13.1 Å². The van der Waals surface area contributed by atoms with Crippen LogP contribution in [-0.4, -0.2) is 28.2 Å². The Balaban J connectivity index is 2.18. The lowest BCUT2D eigenvalue weighted by Crippen LogP contribution is -2.44. The van der Waals surface area contributed by atoms with Gasteiger partial charge in [0.15, 0.2) is 0 Å². The van der Waals surface area contributed by atoms with Crippen molar-refractivity contribution in [1.82, 2.24) is 4.90 Å². The van der Waals surface area contributed by atoms with Crippen LogP contribution in [-0.2, 0) is 17.9 Å². The van der Waals surface area contributed by atoms with Gasteiger partial charge in [-0.15, -0.1) is 0 Å². The molecule has 1 aromatic rings. The third-order valence-corrected chi connectivity index (χ3v) is 3.05. The molecule has 1 aliphatic heterocycles. The fourth-order valence-corrected chi connectivity index (χ4v) is 2.20. The topological polar surface area (TPSA) is 40.5 Å². The van der Waals surface area contributed by atoms with E-state index in [1.165, 1.54) is 4.90 Å². The van der Waals surface area contributed by atoms with Crippen molar-refractivity contribution in [2.24, 2.45) is 0 Å². The van der Waals surface area contributed by atoms with Crippen molar-refractivity contribution >= 4 is 5.97 Å². The van der Waals surface area contributed by atoms with Crippen molar-refractivity contribution in [3.05, 3.63) is 35.4 Å². The minimum atomic E-state index is -4.53. The zero-order chi connectivity index (χ0) is 13.3. The summed E-state index contributed by atoms with van der Waals surface area (Å²) in [6, 6.07) is 5.14. The van der Waals surface area contributed by atoms with Gasteiger partial charge in [0.1, 0.15) is 6.04 Å². The predicted octanol–water partition coefficient (Wildman–Crippen LogP) is 2.41. The van der Waals surface area contributed by atoms with Crippen molar-refractivity contribution in [1.29, 1.82) is 0 Å². The zero-order valence-corrected chi connectivity index (χ0v) is 9.44. The monoisotopic (exact) mass is 259 g/mol. The summed E-state index contributed by atoms with van der Waals surface area (Å²) < 4.78 is 38.6. The molecule has 0 radical (unpaired) electrons. The molecular formula is C12H12F3NO2. The predicted molar refractivity (Wildman–Crippen MR) is 57.8 cm³/mol. The molecule has 0 aliphatic carbocycles. The number of hydrogen-bond acceptors (Lipinski definition) is 2. The maximum absolute atomic E-state index is 12.9. The molecule has 18 heavy (non-hydrogen) atoms. The van der Waals surface area contributed by atoms with E-state index in [4.69, 9.17) is 5.11 Å². The molecule has 1 aliphatic rings. The number of aliphatic carboxylic acids is 1. The molecule has 0 fully saturated rings. The van der Waals surface area contributed by atoms with Crippen LogP contribution >= 0.6 is 0 Å². The zero-order valence-electron chi connectivity index (χ0n) is 9.44. The molecule has 0 bridgehead atoms. The number of carboxylic acids is 1. The summed E-state index contributed by atoms with van der Waals surface area (Å²) >= 11 is 0. The standard InChI is InChI=1S/C12H12F3NO2/c13-12(14,15)10(5-11(17)18)16-6-8-3-1-2-4-9(8)7-16/h1-4,10H,5-7H2,(H,17,18). The molecule has 0 spiro atoms. The summed E-state index contributed by atoms with van der Waals surface area (Å²) in [5, 5.41) is 8.60. The Morgan fingerprint density at radius 3 is 2.17 bits per heavy atom. The molecule has 6 heteroatoms. The fraction of sp³-hybridized carbons (Fsp3) is 0.417. The number of carbonyl (C=O) groups is 1. The second kappa shape index (κ2) is 4.61. The Morgan fingerprint density at radius 1 is 1.28 bits per heavy atom. The molecule has 98 valence electrons. The van der Waals surface area contributed by atoms with Gasteiger partial charge in [0.05, 0.1) is 6.42 Å². The maximum atomic E-state index is 12.9. The number of carboxylic acid groups (broad SMARTS) is 1. The van der Waals surface area contributed by atoms with Crippen LogP contribution in [0, 0.1) is 0 Å². The highest BCUT2D eigenvalue weighted by atomic mass is 19.4. The Morgan fingerprint density at radius 2 is 1.78 bits per heavy atom. The number of halogens is 3. The molecule has 0 aromatic heterocycles. The largest absolute Gasteiger partial charge is 0.481 e. The van der Waals surface area contributed by atoms with Crippen molar-refractivity contribution in [2.75, 3.05) is 0 Å². The normalized spacial score (nSPS) is 17.5. The maximum Gasteiger partial charge on any atom is 0.404 e. The number of nitrogens with zero attached hydrogens (tertiary/aromatic N) is 1. The molecule has 1 aromatic carbocycles. The summed E-state index contributed by atoms with van der Waals surface area (Å²) in [6.07, 6.45) is -5.45. The minimum absolute atomic E-state index is 0.146. The minimum Gasteiger partial charge on any atom is -0.481 e. The van der Waals surface area contributed by atoms with E-state index in [0.29, 0.717) is 0 Å². The van der Waals surface area contributed by atoms with Crippen LogP contribution in [0.25, 0.3) is 0 Å². The highest BCUT2D eigenvalue weighted by Crippen LogP contribution is 2.33. The van der Waals surface area contributed by atoms with E-state index in [-0.39, 0.29) is 13.1 Å². The number of fused-ring (bicyclic) bond motifs is 1. The van der Waals surface area contributed by atoms with E-state index in [2.05, 4.69) is 0 Å². The van der Waals surface area contributed by atoms with Crippen LogP contribution in [0.15, 0.2) is 24.3 Å². The van der Waals surface area contributed by atoms with Gasteiger partial charge < -0.3 is 5.11 Å². The third-order valence-electron chi connectivity index (χ3n) is 3.05. The fourth-order valence-electron chi connectivity index (χ4n) is 2.20. The van der Waals surface area contributed by atoms with E-state index in [9.17, 15) is 18.0 Å². The first-order valence-corrected chi connectivity index (χ1v) is 5.47. The van der Waals surface area contributed by atoms with Gasteiger partial charge in [0.2, 0.25) is 0 Å². The van der Waals surface area contributed by atoms with Crippen molar-refractivity contribution in [3.63, 3.8) is 0 Å². The average Bonchev–Trinajstić information content (AvgIpc) is 2.67. The van der Waals surface area contributed by atoms with E-state index < -0.39 is 24.6 Å². The van der Waals surface area contributed by atoms with Gasteiger partial charge in [-0.3, -0.25) is 9.69 Å². The van der Waals surface area contributed by atoms with Gasteiger partial charge in [-0.2, -0.15) is 13.2 Å². The van der Waals surface area contributed by atoms with Crippen LogP contribution in [0.2, 0.25) is 0 Å². The molecule has 0 amide bonds. The summed E-state index contributed by atoms with van der Waals surface area (Å²) in [4.78, 5) is 11.7. The Kier molecular flexibility index (Phi) is 3.30. The molecule has 1 heterocycles. The summed E-state index contributed by atoms with van der Waals surface area (Å²) in [5.74, 6) is -1.44. The number of hydrogen-bond donors (Lipinski definition) is 1. The Bertz CT molecular complexity index is 434. The smallest absolute Gasteiger partial charge is 0.404 e. The van der Waals surface area contributed by atoms with Crippen LogP contribution < -0.4 is 0 Å². The van der Waals surface area contributed by atoms with Gasteiger partial charge in [0.25, 0.3) is 0 Å². The first kappa shape index (κ1) is 12.9. The molecule has 1 atom stereocenters. The average molecular weight is 259 g/mol. The van der Waals surface area contributed by atoms with Gasteiger partial charge >= 0.3 is 12.1 Å². The first-order valence-electron chi connectivity index (χ1n) is 5.47. The Hall–Kier alpha value is -1.56. The Labute approximate surface area is 102 Å². The second-order valence-electron chi connectivity index (χ2n) is 4.33. The first-order chi connectivity index (χ1) is 8.38. The van der Waals surface area contributed by atoms with Crippen LogP contribution in [0.5, 0.6) is 0 Å². The van der Waals surface area contributed by atoms with Gasteiger partial charge in [-0.05, 0) is 11.1 Å². The lowest BCUT2D eigenvalue weighted by molar-refractivity contribution is -0.192. The number of rotatable bonds is 3. The van der Waals surface area contributed by atoms with Crippen LogP contribution in [0.1, 0.15) is 17.5 Å². The van der Waals surface area contributed by atoms with Gasteiger partial charge in [-0.25, -0.2) is 0 Å². The van der Waals surface area contributed by atoms with Crippen molar-refractivity contribution in [3.8, 4) is 0 Å². The van der Waals surface area contributed by atoms with Crippen LogP contribution in [0.4, 0.5) is 13.2 Å². The lowest BCUT2D eigenvalue weighted by atomic mass is 10.1. The molecular weight excluding hydrogens is 247 g/mol. The molecule has 3 nitrogen and oxygen atoms in total. The molecule has 1 N–H and O–H groups in total. The quantitative estimate of drug-likeness (QED) is 0.906. The molecule has 0 saturated carbocycles. The highest BCUT2D eigenvalue weighted by Gasteiger charge is 2.46. The van der Waals surface area contributed by atoms with Crippen LogP contribution in [0.3, 0.4) is 0 Å². The highest BCUT2D eigenvalue weighted by molar-refractivity contribution is 5.67. The summed E-state index contributed by atoms with van der Waals surface area (Å²) in [7, 11) is 0. The van der Waals surface area contributed by atoms with Crippen molar-refractivity contribution < 1.29 is 23.1 Å². The number of alkyl halides is 3. The molecule has 1 unspecified atom stereocenters. The summed E-state index contributed by atoms with van der Waals surface area (Å²) in [5.41, 5.74) is 1.66. The second-order valence-corrected chi connectivity index (χ2v) is 4.33. The summed E-state index contributed by atoms with van der Waals surface area (Å²) in [6.45, 7) is 0.293. The van der Waals surface area contributed by atoms with E-state index >= 15 is 0 Å². The van der Waals surface area contributed by atoms with E-state index in [0.717, 1.165) is 11.1 Å². The number of benzene rings is 1. The van der Waals surface area contributed by atoms with E-state index in [1.54, 1.807) is 24.3 Å². The molecule has 0 saturated heterocycles. The molecule has 2 rings (SSSR count). The lowest BCUT2D eigenvalue weighted by Gasteiger charge is -2.28. The van der Waals surface area contributed by atoms with E-state index in [1.807, 2.05) is 0 Å². The SMILES string of the molecule is O=C(O)CC(N1Cc2ccccc2C1)C(F)(F)F. The van der Waals surface area contributed by atoms with Gasteiger partial charge in [-0.1, -0.05) is 24.3 Å². The van der Waals surface area contributed by atoms with Crippen molar-refractivity contribution in [2.45, 2.75) is 31.7 Å².